The van der Waals surface area contributed by atoms with Gasteiger partial charge in [0.15, 0.2) is 0 Å². The molecule has 1 saturated heterocycles. The summed E-state index contributed by atoms with van der Waals surface area (Å²) in [6.45, 7) is 0.154. The van der Waals surface area contributed by atoms with Crippen molar-refractivity contribution < 1.29 is 24.2 Å². The van der Waals surface area contributed by atoms with Crippen molar-refractivity contribution in [2.75, 3.05) is 6.54 Å². The maximum Gasteiger partial charge on any atom is 0.257 e. The standard InChI is InChI=1S/C17H18N2O5/c20-13-9-19(17(23)12-6-7-24-10-12)14(15(13)21)16(22)18-8-11-4-2-1-3-5-11/h1-7,10,13-15,20-21H,8-9H2,(H,18,22)/t13-,14-,15-/m0/s1. The minimum absolute atomic E-state index is 0.116. The molecular formula is C17H18N2O5. The second kappa shape index (κ2) is 6.86. The lowest BCUT2D eigenvalue weighted by Crippen LogP contribution is -2.50. The van der Waals surface area contributed by atoms with E-state index in [-0.39, 0.29) is 18.7 Å². The number of hydrogen-bond acceptors (Lipinski definition) is 5. The van der Waals surface area contributed by atoms with Gasteiger partial charge in [0, 0.05) is 6.54 Å². The van der Waals surface area contributed by atoms with Crippen LogP contribution >= 0.6 is 0 Å². The maximum atomic E-state index is 12.5. The lowest BCUT2D eigenvalue weighted by atomic mass is 10.1. The Morgan fingerprint density at radius 1 is 1.21 bits per heavy atom. The van der Waals surface area contributed by atoms with Crippen molar-refractivity contribution in [3.63, 3.8) is 0 Å². The number of carbonyl (C=O) groups is 2. The van der Waals surface area contributed by atoms with E-state index in [1.165, 1.54) is 23.5 Å². The van der Waals surface area contributed by atoms with Crippen LogP contribution in [0.4, 0.5) is 0 Å². The highest BCUT2D eigenvalue weighted by molar-refractivity contribution is 5.98. The first-order valence-corrected chi connectivity index (χ1v) is 7.59. The van der Waals surface area contributed by atoms with E-state index in [1.807, 2.05) is 30.3 Å². The SMILES string of the molecule is O=C(NCc1ccccc1)[C@@H]1[C@@H](O)[C@@H](O)CN1C(=O)c1ccoc1. The molecule has 1 aliphatic heterocycles. The Balaban J connectivity index is 1.72. The summed E-state index contributed by atoms with van der Waals surface area (Å²) in [6, 6.07) is 9.61. The Morgan fingerprint density at radius 3 is 2.62 bits per heavy atom. The number of likely N-dealkylation sites (tertiary alicyclic amines) is 1. The summed E-state index contributed by atoms with van der Waals surface area (Å²) in [6.07, 6.45) is 0.101. The molecule has 7 nitrogen and oxygen atoms in total. The van der Waals surface area contributed by atoms with Gasteiger partial charge in [-0.3, -0.25) is 9.59 Å². The van der Waals surface area contributed by atoms with Crippen LogP contribution in [0.5, 0.6) is 0 Å². The van der Waals surface area contributed by atoms with Crippen LogP contribution in [-0.4, -0.2) is 51.7 Å². The average Bonchev–Trinajstić information content (AvgIpc) is 3.22. The van der Waals surface area contributed by atoms with Crippen LogP contribution in [-0.2, 0) is 11.3 Å². The van der Waals surface area contributed by atoms with Crippen molar-refractivity contribution in [2.45, 2.75) is 24.8 Å². The predicted octanol–water partition coefficient (Wildman–Crippen LogP) is 0.142. The predicted molar refractivity (Wildman–Crippen MR) is 83.8 cm³/mol. The molecule has 1 fully saturated rings. The molecule has 7 heteroatoms. The number of amides is 2. The van der Waals surface area contributed by atoms with E-state index >= 15 is 0 Å². The van der Waals surface area contributed by atoms with E-state index in [0.29, 0.717) is 0 Å². The van der Waals surface area contributed by atoms with E-state index in [4.69, 9.17) is 4.42 Å². The summed E-state index contributed by atoms with van der Waals surface area (Å²) >= 11 is 0. The fraction of sp³-hybridized carbons (Fsp3) is 0.294. The lowest BCUT2D eigenvalue weighted by molar-refractivity contribution is -0.128. The van der Waals surface area contributed by atoms with Crippen molar-refractivity contribution in [1.82, 2.24) is 10.2 Å². The van der Waals surface area contributed by atoms with E-state index in [2.05, 4.69) is 5.32 Å². The highest BCUT2D eigenvalue weighted by Crippen LogP contribution is 2.22. The van der Waals surface area contributed by atoms with Crippen molar-refractivity contribution in [3.8, 4) is 0 Å². The molecular weight excluding hydrogens is 312 g/mol. The Labute approximate surface area is 138 Å². The number of furan rings is 1. The van der Waals surface area contributed by atoms with Gasteiger partial charge in [-0.2, -0.15) is 0 Å². The number of rotatable bonds is 4. The van der Waals surface area contributed by atoms with Gasteiger partial charge < -0.3 is 24.8 Å². The second-order valence-electron chi connectivity index (χ2n) is 5.68. The van der Waals surface area contributed by atoms with Gasteiger partial charge in [-0.05, 0) is 11.6 Å². The molecule has 1 aromatic carbocycles. The molecule has 0 spiro atoms. The molecule has 1 aliphatic rings. The number of hydrogen-bond donors (Lipinski definition) is 3. The average molecular weight is 330 g/mol. The number of benzene rings is 1. The maximum absolute atomic E-state index is 12.5. The van der Waals surface area contributed by atoms with E-state index in [0.717, 1.165) is 5.56 Å². The van der Waals surface area contributed by atoms with Crippen LogP contribution in [0.3, 0.4) is 0 Å². The van der Waals surface area contributed by atoms with E-state index in [9.17, 15) is 19.8 Å². The Kier molecular flexibility index (Phi) is 4.64. The van der Waals surface area contributed by atoms with Crippen molar-refractivity contribution in [1.29, 1.82) is 0 Å². The van der Waals surface area contributed by atoms with Crippen LogP contribution in [0.1, 0.15) is 15.9 Å². The van der Waals surface area contributed by atoms with Crippen LogP contribution in [0, 0.1) is 0 Å². The summed E-state index contributed by atoms with van der Waals surface area (Å²) in [5, 5.41) is 22.7. The molecule has 0 unspecified atom stereocenters. The monoisotopic (exact) mass is 330 g/mol. The van der Waals surface area contributed by atoms with Crippen LogP contribution in [0.25, 0.3) is 0 Å². The third-order valence-corrected chi connectivity index (χ3v) is 4.04. The number of aliphatic hydroxyl groups is 2. The molecule has 3 atom stereocenters. The van der Waals surface area contributed by atoms with Crippen molar-refractivity contribution in [2.24, 2.45) is 0 Å². The fourth-order valence-electron chi connectivity index (χ4n) is 2.77. The van der Waals surface area contributed by atoms with Gasteiger partial charge in [0.05, 0.1) is 18.4 Å². The number of aliphatic hydroxyl groups excluding tert-OH is 2. The molecule has 24 heavy (non-hydrogen) atoms. The molecule has 0 saturated carbocycles. The molecule has 3 rings (SSSR count). The quantitative estimate of drug-likeness (QED) is 0.740. The first kappa shape index (κ1) is 16.2. The molecule has 0 aliphatic carbocycles. The summed E-state index contributed by atoms with van der Waals surface area (Å²) in [5.41, 5.74) is 1.16. The highest BCUT2D eigenvalue weighted by atomic mass is 16.3. The third-order valence-electron chi connectivity index (χ3n) is 4.04. The topological polar surface area (TPSA) is 103 Å². The minimum Gasteiger partial charge on any atom is -0.472 e. The van der Waals surface area contributed by atoms with Crippen LogP contribution < -0.4 is 5.32 Å². The molecule has 3 N–H and O–H groups in total. The largest absolute Gasteiger partial charge is 0.472 e. The van der Waals surface area contributed by atoms with Crippen molar-refractivity contribution in [3.05, 3.63) is 60.1 Å². The first-order chi connectivity index (χ1) is 11.6. The first-order valence-electron chi connectivity index (χ1n) is 7.59. The highest BCUT2D eigenvalue weighted by Gasteiger charge is 2.46. The molecule has 1 aromatic heterocycles. The third kappa shape index (κ3) is 3.17. The molecule has 0 bridgehead atoms. The second-order valence-corrected chi connectivity index (χ2v) is 5.68. The number of nitrogens with zero attached hydrogens (tertiary/aromatic N) is 1. The van der Waals surface area contributed by atoms with Gasteiger partial charge in [-0.15, -0.1) is 0 Å². The summed E-state index contributed by atoms with van der Waals surface area (Å²) in [4.78, 5) is 26.1. The van der Waals surface area contributed by atoms with Gasteiger partial charge in [0.25, 0.3) is 5.91 Å². The number of nitrogens with one attached hydrogen (secondary N) is 1. The number of β-amino-alcohol motifs (C(OH)–C–C–N with tert-alkyl or cyclic N) is 1. The fourth-order valence-corrected chi connectivity index (χ4v) is 2.77. The molecule has 126 valence electrons. The van der Waals surface area contributed by atoms with Gasteiger partial charge in [-0.25, -0.2) is 0 Å². The van der Waals surface area contributed by atoms with Gasteiger partial charge in [-0.1, -0.05) is 30.3 Å². The Bertz CT molecular complexity index is 701. The lowest BCUT2D eigenvalue weighted by Gasteiger charge is -2.24. The van der Waals surface area contributed by atoms with Crippen molar-refractivity contribution >= 4 is 11.8 Å². The van der Waals surface area contributed by atoms with Crippen LogP contribution in [0.15, 0.2) is 53.3 Å². The molecule has 0 radical (unpaired) electrons. The zero-order valence-corrected chi connectivity index (χ0v) is 12.8. The molecule has 2 heterocycles. The summed E-state index contributed by atoms with van der Waals surface area (Å²) < 4.78 is 4.88. The molecule has 2 aromatic rings. The summed E-state index contributed by atoms with van der Waals surface area (Å²) in [5.74, 6) is -0.987. The Hall–Kier alpha value is -2.64. The Morgan fingerprint density at radius 2 is 1.96 bits per heavy atom. The van der Waals surface area contributed by atoms with Crippen LogP contribution in [0.2, 0.25) is 0 Å². The smallest absolute Gasteiger partial charge is 0.257 e. The van der Waals surface area contributed by atoms with E-state index in [1.54, 1.807) is 0 Å². The molecule has 2 amide bonds. The number of carbonyl (C=O) groups excluding carboxylic acids is 2. The van der Waals surface area contributed by atoms with Gasteiger partial charge in [0.1, 0.15) is 24.5 Å². The zero-order chi connectivity index (χ0) is 17.1. The van der Waals surface area contributed by atoms with Gasteiger partial charge in [0.2, 0.25) is 5.91 Å². The van der Waals surface area contributed by atoms with E-state index < -0.39 is 30.1 Å². The summed E-state index contributed by atoms with van der Waals surface area (Å²) in [7, 11) is 0. The normalized spacial score (nSPS) is 23.2. The minimum atomic E-state index is -1.34. The zero-order valence-electron chi connectivity index (χ0n) is 12.8. The van der Waals surface area contributed by atoms with Gasteiger partial charge >= 0.3 is 0 Å².